The van der Waals surface area contributed by atoms with E-state index in [9.17, 15) is 28.1 Å². The van der Waals surface area contributed by atoms with Crippen LogP contribution in [0.15, 0.2) is 66.9 Å². The number of halogens is 3. The number of ether oxygens (including phenoxy) is 1. The lowest BCUT2D eigenvalue weighted by Crippen LogP contribution is -2.30. The van der Waals surface area contributed by atoms with E-state index in [1.807, 2.05) is 0 Å². The van der Waals surface area contributed by atoms with Crippen LogP contribution in [-0.2, 0) is 6.18 Å². The molecule has 0 aliphatic rings. The van der Waals surface area contributed by atoms with Gasteiger partial charge in [-0.05, 0) is 61.0 Å². The summed E-state index contributed by atoms with van der Waals surface area (Å²) in [7, 11) is 1.51. The quantitative estimate of drug-likeness (QED) is 0.255. The smallest absolute Gasteiger partial charge is 0.410 e. The van der Waals surface area contributed by atoms with Gasteiger partial charge in [0.1, 0.15) is 5.75 Å². The molecule has 0 aliphatic heterocycles. The highest BCUT2D eigenvalue weighted by Gasteiger charge is 2.30. The highest BCUT2D eigenvalue weighted by atomic mass is 19.4. The Hall–Kier alpha value is -4.54. The van der Waals surface area contributed by atoms with Crippen molar-refractivity contribution < 1.29 is 27.6 Å². The first-order valence-corrected chi connectivity index (χ1v) is 10.2. The average Bonchev–Trinajstić information content (AvgIpc) is 2.82. The second-order valence-corrected chi connectivity index (χ2v) is 7.64. The molecule has 11 heteroatoms. The van der Waals surface area contributed by atoms with Gasteiger partial charge >= 0.3 is 12.3 Å². The third kappa shape index (κ3) is 5.03. The number of fused-ring (bicyclic) bond motifs is 1. The molecule has 1 amide bonds. The van der Waals surface area contributed by atoms with E-state index in [1.165, 1.54) is 48.5 Å². The molecular formula is C24H17F3N4O4. The van der Waals surface area contributed by atoms with E-state index in [1.54, 1.807) is 25.1 Å². The number of aryl methyl sites for hydroxylation is 1. The summed E-state index contributed by atoms with van der Waals surface area (Å²) in [6.45, 7) is 1.77. The molecule has 0 radical (unpaired) electrons. The number of nitrogens with zero attached hydrogens (tertiary/aromatic N) is 4. The number of hydrogen-bond donors (Lipinski definition) is 0. The Balaban J connectivity index is 1.54. The van der Waals surface area contributed by atoms with Crippen molar-refractivity contribution in [2.45, 2.75) is 13.1 Å². The molecule has 0 bridgehead atoms. The molecule has 0 N–H and O–H groups in total. The molecule has 1 aromatic heterocycles. The molecule has 0 saturated heterocycles. The standard InChI is InChI=1S/C24H17F3N4O4/c1-14-11-15(22-28-13-16-12-17(24(25,26)27)4-9-20(16)29-22)3-10-21(14)30(2)23(32)35-19-7-5-18(6-8-19)31(33)34/h3-13H,1-2H3. The maximum Gasteiger partial charge on any atom is 0.419 e. The first kappa shape index (κ1) is 23.6. The second-order valence-electron chi connectivity index (χ2n) is 7.64. The Morgan fingerprint density at radius 3 is 2.40 bits per heavy atom. The van der Waals surface area contributed by atoms with Crippen LogP contribution in [0, 0.1) is 17.0 Å². The van der Waals surface area contributed by atoms with Crippen LogP contribution >= 0.6 is 0 Å². The van der Waals surface area contributed by atoms with Gasteiger partial charge in [0.15, 0.2) is 5.82 Å². The number of non-ortho nitro benzene ring substituents is 1. The summed E-state index contributed by atoms with van der Waals surface area (Å²) < 4.78 is 44.1. The molecule has 8 nitrogen and oxygen atoms in total. The Bertz CT molecular complexity index is 1440. The first-order valence-electron chi connectivity index (χ1n) is 10.2. The van der Waals surface area contributed by atoms with Crippen molar-refractivity contribution in [2.24, 2.45) is 0 Å². The van der Waals surface area contributed by atoms with Crippen LogP contribution in [0.2, 0.25) is 0 Å². The lowest BCUT2D eigenvalue weighted by Gasteiger charge is -2.19. The molecular weight excluding hydrogens is 465 g/mol. The third-order valence-electron chi connectivity index (χ3n) is 5.25. The Morgan fingerprint density at radius 2 is 1.77 bits per heavy atom. The van der Waals surface area contributed by atoms with Crippen molar-refractivity contribution in [2.75, 3.05) is 11.9 Å². The molecule has 0 atom stereocenters. The minimum atomic E-state index is -4.45. The van der Waals surface area contributed by atoms with Crippen molar-refractivity contribution in [3.8, 4) is 17.1 Å². The summed E-state index contributed by atoms with van der Waals surface area (Å²) in [5, 5.41) is 11.0. The first-order chi connectivity index (χ1) is 16.5. The number of carbonyl (C=O) groups is 1. The summed E-state index contributed by atoms with van der Waals surface area (Å²) in [6, 6.07) is 13.5. The molecule has 1 heterocycles. The lowest BCUT2D eigenvalue weighted by atomic mass is 10.1. The summed E-state index contributed by atoms with van der Waals surface area (Å²) in [6.07, 6.45) is -3.81. The van der Waals surface area contributed by atoms with Gasteiger partial charge in [0.25, 0.3) is 5.69 Å². The van der Waals surface area contributed by atoms with E-state index in [2.05, 4.69) is 9.97 Å². The summed E-state index contributed by atoms with van der Waals surface area (Å²) in [5.74, 6) is 0.475. The molecule has 0 saturated carbocycles. The SMILES string of the molecule is Cc1cc(-c2ncc3cc(C(F)(F)F)ccc3n2)ccc1N(C)C(=O)Oc1ccc([N+](=O)[O-])cc1. The number of aromatic nitrogens is 2. The molecule has 4 rings (SSSR count). The van der Waals surface area contributed by atoms with Gasteiger partial charge in [0, 0.05) is 42.0 Å². The van der Waals surface area contributed by atoms with E-state index in [0.717, 1.165) is 12.1 Å². The number of alkyl halides is 3. The van der Waals surface area contributed by atoms with Crippen LogP contribution in [0.4, 0.5) is 29.3 Å². The van der Waals surface area contributed by atoms with Crippen LogP contribution in [0.3, 0.4) is 0 Å². The van der Waals surface area contributed by atoms with Gasteiger partial charge in [-0.2, -0.15) is 13.2 Å². The fraction of sp³-hybridized carbons (Fsp3) is 0.125. The van der Waals surface area contributed by atoms with Crippen LogP contribution in [0.1, 0.15) is 11.1 Å². The maximum atomic E-state index is 12.9. The van der Waals surface area contributed by atoms with Gasteiger partial charge in [-0.3, -0.25) is 15.0 Å². The molecule has 0 fully saturated rings. The number of rotatable bonds is 4. The highest BCUT2D eigenvalue weighted by molar-refractivity contribution is 5.90. The highest BCUT2D eigenvalue weighted by Crippen LogP contribution is 2.32. The molecule has 3 aromatic carbocycles. The number of benzene rings is 3. The van der Waals surface area contributed by atoms with E-state index < -0.39 is 22.8 Å². The zero-order valence-electron chi connectivity index (χ0n) is 18.4. The Kier molecular flexibility index (Phi) is 6.08. The van der Waals surface area contributed by atoms with Gasteiger partial charge in [0.2, 0.25) is 0 Å². The number of amides is 1. The van der Waals surface area contributed by atoms with Gasteiger partial charge in [-0.25, -0.2) is 14.8 Å². The molecule has 0 aliphatic carbocycles. The monoisotopic (exact) mass is 482 g/mol. The summed E-state index contributed by atoms with van der Waals surface area (Å²) in [4.78, 5) is 32.6. The molecule has 178 valence electrons. The van der Waals surface area contributed by atoms with E-state index >= 15 is 0 Å². The number of hydrogen-bond acceptors (Lipinski definition) is 6. The minimum Gasteiger partial charge on any atom is -0.410 e. The lowest BCUT2D eigenvalue weighted by molar-refractivity contribution is -0.384. The van der Waals surface area contributed by atoms with Gasteiger partial charge in [-0.1, -0.05) is 0 Å². The van der Waals surface area contributed by atoms with Crippen molar-refractivity contribution >= 4 is 28.4 Å². The minimum absolute atomic E-state index is 0.124. The van der Waals surface area contributed by atoms with E-state index in [0.29, 0.717) is 28.2 Å². The fourth-order valence-corrected chi connectivity index (χ4v) is 3.42. The Morgan fingerprint density at radius 1 is 1.06 bits per heavy atom. The summed E-state index contributed by atoms with van der Waals surface area (Å²) >= 11 is 0. The normalized spacial score (nSPS) is 11.3. The predicted molar refractivity (Wildman–Crippen MR) is 122 cm³/mol. The zero-order chi connectivity index (χ0) is 25.3. The fourth-order valence-electron chi connectivity index (χ4n) is 3.42. The van der Waals surface area contributed by atoms with Gasteiger partial charge in [0.05, 0.1) is 16.0 Å². The van der Waals surface area contributed by atoms with Crippen molar-refractivity contribution in [1.82, 2.24) is 9.97 Å². The number of anilines is 1. The van der Waals surface area contributed by atoms with Gasteiger partial charge in [-0.15, -0.1) is 0 Å². The third-order valence-corrected chi connectivity index (χ3v) is 5.25. The van der Waals surface area contributed by atoms with Gasteiger partial charge < -0.3 is 4.74 Å². The maximum absolute atomic E-state index is 12.9. The second kappa shape index (κ2) is 9.01. The van der Waals surface area contributed by atoms with Crippen LogP contribution in [0.25, 0.3) is 22.3 Å². The number of carbonyl (C=O) groups excluding carboxylic acids is 1. The average molecular weight is 482 g/mol. The summed E-state index contributed by atoms with van der Waals surface area (Å²) in [5.41, 5.74) is 1.32. The zero-order valence-corrected chi connectivity index (χ0v) is 18.4. The van der Waals surface area contributed by atoms with E-state index in [-0.39, 0.29) is 16.8 Å². The van der Waals surface area contributed by atoms with Crippen molar-refractivity contribution in [3.63, 3.8) is 0 Å². The molecule has 0 spiro atoms. The van der Waals surface area contributed by atoms with Crippen LogP contribution in [-0.4, -0.2) is 28.0 Å². The molecule has 35 heavy (non-hydrogen) atoms. The predicted octanol–water partition coefficient (Wildman–Crippen LogP) is 6.17. The number of nitro groups is 1. The molecule has 0 unspecified atom stereocenters. The van der Waals surface area contributed by atoms with Crippen LogP contribution < -0.4 is 9.64 Å². The number of nitro benzene ring substituents is 1. The van der Waals surface area contributed by atoms with Crippen molar-refractivity contribution in [3.05, 3.63) is 88.1 Å². The van der Waals surface area contributed by atoms with Crippen LogP contribution in [0.5, 0.6) is 5.75 Å². The van der Waals surface area contributed by atoms with Crippen molar-refractivity contribution in [1.29, 1.82) is 0 Å². The van der Waals surface area contributed by atoms with E-state index in [4.69, 9.17) is 4.74 Å². The Labute approximate surface area is 196 Å². The topological polar surface area (TPSA) is 98.5 Å². The largest absolute Gasteiger partial charge is 0.419 e. The molecule has 4 aromatic rings.